The molecule has 0 radical (unpaired) electrons. The number of carbonyl (C=O) groups excluding carboxylic acids is 3. The first kappa shape index (κ1) is 24.1. The number of alkyl halides is 2. The van der Waals surface area contributed by atoms with Crippen molar-refractivity contribution in [2.75, 3.05) is 47.5 Å². The third kappa shape index (κ3) is 8.73. The molecule has 0 aliphatic rings. The van der Waals surface area contributed by atoms with Crippen LogP contribution in [0.2, 0.25) is 0 Å². The van der Waals surface area contributed by atoms with Crippen LogP contribution in [-0.4, -0.2) is 76.7 Å². The molecule has 162 valence electrons. The minimum atomic E-state index is -3.03. The normalized spacial score (nSPS) is 10.4. The fourth-order valence-electron chi connectivity index (χ4n) is 2.20. The van der Waals surface area contributed by atoms with Crippen molar-refractivity contribution < 1.29 is 37.4 Å². The second-order valence-corrected chi connectivity index (χ2v) is 5.87. The number of nitrogens with one attached hydrogen (secondary N) is 2. The lowest BCUT2D eigenvalue weighted by Gasteiger charge is -2.17. The Hall–Kier alpha value is -2.95. The van der Waals surface area contributed by atoms with Crippen LogP contribution in [0.15, 0.2) is 18.2 Å². The fraction of sp³-hybridized carbons (Fsp3) is 0.500. The van der Waals surface area contributed by atoms with Crippen molar-refractivity contribution in [2.24, 2.45) is 0 Å². The number of hydrogen-bond donors (Lipinski definition) is 2. The molecule has 0 atom stereocenters. The van der Waals surface area contributed by atoms with Crippen molar-refractivity contribution in [3.8, 4) is 11.5 Å². The maximum atomic E-state index is 12.3. The zero-order chi connectivity index (χ0) is 21.8. The summed E-state index contributed by atoms with van der Waals surface area (Å²) in [6, 6.07) is 3.65. The number of amides is 3. The molecule has 9 nitrogen and oxygen atoms in total. The van der Waals surface area contributed by atoms with Crippen molar-refractivity contribution in [3.05, 3.63) is 23.8 Å². The van der Waals surface area contributed by atoms with Crippen LogP contribution in [0.4, 0.5) is 8.78 Å². The summed E-state index contributed by atoms with van der Waals surface area (Å²) in [6.45, 7) is -2.59. The van der Waals surface area contributed by atoms with Gasteiger partial charge >= 0.3 is 6.61 Å². The Morgan fingerprint density at radius 1 is 1.14 bits per heavy atom. The molecule has 1 aromatic carbocycles. The first-order valence-electron chi connectivity index (χ1n) is 8.69. The van der Waals surface area contributed by atoms with E-state index in [-0.39, 0.29) is 36.1 Å². The standard InChI is InChI=1S/C18H25F2N3O6/c1-23(11-15(24)21-7-4-8-27-2)16(25)10-22-17(26)12-5-6-13(29-18(19)20)14(9-12)28-3/h5-6,9,18H,4,7-8,10-11H2,1-3H3,(H,21,24)(H,22,26). The number of methoxy groups -OCH3 is 2. The molecule has 0 aromatic heterocycles. The van der Waals surface area contributed by atoms with Crippen molar-refractivity contribution in [2.45, 2.75) is 13.0 Å². The lowest BCUT2D eigenvalue weighted by Crippen LogP contribution is -2.43. The maximum absolute atomic E-state index is 12.3. The highest BCUT2D eigenvalue weighted by atomic mass is 19.3. The van der Waals surface area contributed by atoms with E-state index in [2.05, 4.69) is 15.4 Å². The van der Waals surface area contributed by atoms with Gasteiger partial charge in [0.2, 0.25) is 11.8 Å². The molecule has 0 fully saturated rings. The molecule has 1 rings (SSSR count). The topological polar surface area (TPSA) is 106 Å². The minimum Gasteiger partial charge on any atom is -0.493 e. The summed E-state index contributed by atoms with van der Waals surface area (Å²) in [6.07, 6.45) is 0.653. The van der Waals surface area contributed by atoms with Crippen molar-refractivity contribution in [1.82, 2.24) is 15.5 Å². The molecule has 29 heavy (non-hydrogen) atoms. The van der Waals surface area contributed by atoms with E-state index in [1.165, 1.54) is 37.3 Å². The molecule has 3 amide bonds. The summed E-state index contributed by atoms with van der Waals surface area (Å²) in [5.74, 6) is -1.69. The van der Waals surface area contributed by atoms with E-state index in [1.807, 2.05) is 0 Å². The van der Waals surface area contributed by atoms with E-state index in [0.29, 0.717) is 19.6 Å². The first-order valence-corrected chi connectivity index (χ1v) is 8.69. The largest absolute Gasteiger partial charge is 0.493 e. The summed E-state index contributed by atoms with van der Waals surface area (Å²) >= 11 is 0. The molecule has 0 heterocycles. The SMILES string of the molecule is COCCCNC(=O)CN(C)C(=O)CNC(=O)c1ccc(OC(F)F)c(OC)c1. The first-order chi connectivity index (χ1) is 13.8. The second kappa shape index (κ2) is 12.5. The molecule has 0 bridgehead atoms. The lowest BCUT2D eigenvalue weighted by molar-refractivity contribution is -0.133. The third-order valence-corrected chi connectivity index (χ3v) is 3.70. The molecular formula is C18H25F2N3O6. The van der Waals surface area contributed by atoms with Crippen LogP contribution in [0.5, 0.6) is 11.5 Å². The van der Waals surface area contributed by atoms with Crippen molar-refractivity contribution in [1.29, 1.82) is 0 Å². The van der Waals surface area contributed by atoms with Gasteiger partial charge in [0.05, 0.1) is 20.2 Å². The average Bonchev–Trinajstić information content (AvgIpc) is 2.68. The van der Waals surface area contributed by atoms with Gasteiger partial charge in [0, 0.05) is 32.9 Å². The van der Waals surface area contributed by atoms with Gasteiger partial charge in [-0.1, -0.05) is 0 Å². The summed E-state index contributed by atoms with van der Waals surface area (Å²) in [5.41, 5.74) is 0.0924. The number of rotatable bonds is 12. The van der Waals surface area contributed by atoms with Crippen molar-refractivity contribution >= 4 is 17.7 Å². The fourth-order valence-corrected chi connectivity index (χ4v) is 2.20. The van der Waals surface area contributed by atoms with Crippen LogP contribution < -0.4 is 20.1 Å². The predicted octanol–water partition coefficient (Wildman–Crippen LogP) is 0.638. The molecule has 0 aliphatic heterocycles. The highest BCUT2D eigenvalue weighted by molar-refractivity contribution is 5.97. The van der Waals surface area contributed by atoms with Gasteiger partial charge in [0.25, 0.3) is 5.91 Å². The molecule has 11 heteroatoms. The van der Waals surface area contributed by atoms with E-state index in [1.54, 1.807) is 7.11 Å². The number of ether oxygens (including phenoxy) is 3. The average molecular weight is 417 g/mol. The van der Waals surface area contributed by atoms with Gasteiger partial charge in [-0.25, -0.2) is 0 Å². The lowest BCUT2D eigenvalue weighted by atomic mass is 10.2. The Bertz CT molecular complexity index is 702. The van der Waals surface area contributed by atoms with Crippen LogP contribution in [0, 0.1) is 0 Å². The zero-order valence-electron chi connectivity index (χ0n) is 16.5. The Kier molecular flexibility index (Phi) is 10.4. The smallest absolute Gasteiger partial charge is 0.387 e. The Morgan fingerprint density at radius 3 is 2.48 bits per heavy atom. The van der Waals surface area contributed by atoms with Crippen LogP contribution in [0.1, 0.15) is 16.8 Å². The summed E-state index contributed by atoms with van der Waals surface area (Å²) in [4.78, 5) is 37.2. The van der Waals surface area contributed by atoms with Crippen LogP contribution in [-0.2, 0) is 14.3 Å². The van der Waals surface area contributed by atoms with Gasteiger partial charge in [0.1, 0.15) is 0 Å². The third-order valence-electron chi connectivity index (χ3n) is 3.70. The van der Waals surface area contributed by atoms with E-state index in [9.17, 15) is 23.2 Å². The summed E-state index contributed by atoms with van der Waals surface area (Å²) in [7, 11) is 4.24. The number of hydrogen-bond acceptors (Lipinski definition) is 6. The Balaban J connectivity index is 2.52. The van der Waals surface area contributed by atoms with Crippen LogP contribution in [0.3, 0.4) is 0 Å². The summed E-state index contributed by atoms with van der Waals surface area (Å²) in [5, 5.41) is 5.05. The molecule has 0 unspecified atom stereocenters. The van der Waals surface area contributed by atoms with Gasteiger partial charge < -0.3 is 29.7 Å². The number of nitrogens with zero attached hydrogens (tertiary/aromatic N) is 1. The van der Waals surface area contributed by atoms with Crippen LogP contribution in [0.25, 0.3) is 0 Å². The van der Waals surface area contributed by atoms with E-state index in [4.69, 9.17) is 9.47 Å². The monoisotopic (exact) mass is 417 g/mol. The van der Waals surface area contributed by atoms with E-state index < -0.39 is 18.4 Å². The van der Waals surface area contributed by atoms with Crippen LogP contribution >= 0.6 is 0 Å². The van der Waals surface area contributed by atoms with E-state index >= 15 is 0 Å². The molecule has 2 N–H and O–H groups in total. The van der Waals surface area contributed by atoms with E-state index in [0.717, 1.165) is 0 Å². The van der Waals surface area contributed by atoms with Crippen molar-refractivity contribution in [3.63, 3.8) is 0 Å². The highest BCUT2D eigenvalue weighted by Gasteiger charge is 2.17. The zero-order valence-corrected chi connectivity index (χ0v) is 16.5. The van der Waals surface area contributed by atoms with Gasteiger partial charge in [-0.3, -0.25) is 14.4 Å². The number of carbonyl (C=O) groups is 3. The molecule has 0 saturated carbocycles. The molecule has 0 saturated heterocycles. The Labute approximate surface area is 167 Å². The van der Waals surface area contributed by atoms with Gasteiger partial charge in [0.15, 0.2) is 11.5 Å². The Morgan fingerprint density at radius 2 is 1.86 bits per heavy atom. The molecule has 0 spiro atoms. The molecular weight excluding hydrogens is 392 g/mol. The van der Waals surface area contributed by atoms with Gasteiger partial charge in [-0.05, 0) is 24.6 Å². The quantitative estimate of drug-likeness (QED) is 0.484. The number of halogens is 2. The summed E-state index contributed by atoms with van der Waals surface area (Å²) < 4.78 is 38.8. The second-order valence-electron chi connectivity index (χ2n) is 5.87. The minimum absolute atomic E-state index is 0.0495. The predicted molar refractivity (Wildman–Crippen MR) is 99.1 cm³/mol. The highest BCUT2D eigenvalue weighted by Crippen LogP contribution is 2.29. The van der Waals surface area contributed by atoms with Gasteiger partial charge in [-0.15, -0.1) is 0 Å². The maximum Gasteiger partial charge on any atom is 0.387 e. The molecule has 0 aliphatic carbocycles. The number of likely N-dealkylation sites (N-methyl/N-ethyl adjacent to an activating group) is 1. The van der Waals surface area contributed by atoms with Gasteiger partial charge in [-0.2, -0.15) is 8.78 Å². The number of benzene rings is 1. The molecule has 1 aromatic rings.